The third kappa shape index (κ3) is 1.21. The van der Waals surface area contributed by atoms with E-state index in [4.69, 9.17) is 4.74 Å². The van der Waals surface area contributed by atoms with Crippen LogP contribution in [-0.4, -0.2) is 7.11 Å². The average Bonchev–Trinajstić information content (AvgIpc) is 2.34. The molecule has 1 heterocycles. The molecule has 2 heteroatoms. The van der Waals surface area contributed by atoms with Crippen LogP contribution < -0.4 is 0 Å². The summed E-state index contributed by atoms with van der Waals surface area (Å²) in [5.74, 6) is 0.757. The number of ether oxygens (including phenoxy) is 1. The minimum Gasteiger partial charge on any atom is -0.496 e. The first-order valence-corrected chi connectivity index (χ1v) is 3.91. The number of rotatable bonds is 2. The highest BCUT2D eigenvalue weighted by Crippen LogP contribution is 2.23. The molecule has 0 spiro atoms. The minimum atomic E-state index is 0.757. The Morgan fingerprint density at radius 2 is 2.40 bits per heavy atom. The van der Waals surface area contributed by atoms with Gasteiger partial charge in [-0.1, -0.05) is 6.58 Å². The molecule has 0 N–H and O–H groups in total. The fourth-order valence-corrected chi connectivity index (χ4v) is 1.63. The van der Waals surface area contributed by atoms with Gasteiger partial charge in [-0.3, -0.25) is 0 Å². The molecular weight excluding hydrogens is 144 g/mol. The summed E-state index contributed by atoms with van der Waals surface area (Å²) in [6.07, 6.45) is 0. The second-order valence-corrected chi connectivity index (χ2v) is 2.98. The van der Waals surface area contributed by atoms with Crippen molar-refractivity contribution in [2.75, 3.05) is 7.11 Å². The molecule has 0 aliphatic rings. The first-order valence-electron chi connectivity index (χ1n) is 3.03. The molecule has 10 heavy (non-hydrogen) atoms. The zero-order valence-electron chi connectivity index (χ0n) is 6.18. The Morgan fingerprint density at radius 3 is 2.80 bits per heavy atom. The average molecular weight is 154 g/mol. The van der Waals surface area contributed by atoms with Gasteiger partial charge >= 0.3 is 0 Å². The van der Waals surface area contributed by atoms with Gasteiger partial charge in [-0.25, -0.2) is 0 Å². The maximum atomic E-state index is 4.99. The molecule has 1 rings (SSSR count). The minimum absolute atomic E-state index is 0.757. The first-order chi connectivity index (χ1) is 4.75. The predicted molar refractivity (Wildman–Crippen MR) is 45.1 cm³/mol. The molecule has 1 aromatic heterocycles. The van der Waals surface area contributed by atoms with E-state index in [1.807, 2.05) is 5.38 Å². The summed E-state index contributed by atoms with van der Waals surface area (Å²) >= 11 is 1.66. The second kappa shape index (κ2) is 2.88. The van der Waals surface area contributed by atoms with Crippen molar-refractivity contribution in [2.24, 2.45) is 0 Å². The zero-order valence-corrected chi connectivity index (χ0v) is 6.99. The van der Waals surface area contributed by atoms with Crippen LogP contribution in [0.5, 0.6) is 0 Å². The molecule has 0 amide bonds. The van der Waals surface area contributed by atoms with Crippen LogP contribution >= 0.6 is 11.3 Å². The highest BCUT2D eigenvalue weighted by molar-refractivity contribution is 7.11. The summed E-state index contributed by atoms with van der Waals surface area (Å²) in [5, 5.41) is 2.04. The Kier molecular flexibility index (Phi) is 2.12. The summed E-state index contributed by atoms with van der Waals surface area (Å²) in [6, 6.07) is 2.06. The molecule has 0 aliphatic carbocycles. The molecule has 0 saturated heterocycles. The molecule has 0 saturated carbocycles. The summed E-state index contributed by atoms with van der Waals surface area (Å²) < 4.78 is 4.99. The molecule has 0 atom stereocenters. The lowest BCUT2D eigenvalue weighted by molar-refractivity contribution is 0.372. The maximum absolute atomic E-state index is 4.99. The Morgan fingerprint density at radius 1 is 1.70 bits per heavy atom. The molecule has 0 aliphatic heterocycles. The second-order valence-electron chi connectivity index (χ2n) is 2.06. The van der Waals surface area contributed by atoms with Gasteiger partial charge in [-0.2, -0.15) is 0 Å². The number of thiophene rings is 1. The smallest absolute Gasteiger partial charge is 0.129 e. The molecule has 0 unspecified atom stereocenters. The van der Waals surface area contributed by atoms with Gasteiger partial charge in [-0.15, -0.1) is 11.3 Å². The van der Waals surface area contributed by atoms with Crippen LogP contribution in [0.4, 0.5) is 0 Å². The first kappa shape index (κ1) is 7.35. The Hall–Kier alpha value is -0.760. The summed E-state index contributed by atoms with van der Waals surface area (Å²) in [7, 11) is 1.64. The van der Waals surface area contributed by atoms with Crippen molar-refractivity contribution in [1.29, 1.82) is 0 Å². The zero-order chi connectivity index (χ0) is 7.56. The van der Waals surface area contributed by atoms with Gasteiger partial charge in [-0.05, 0) is 23.9 Å². The van der Waals surface area contributed by atoms with Crippen molar-refractivity contribution in [3.63, 3.8) is 0 Å². The normalized spacial score (nSPS) is 9.40. The van der Waals surface area contributed by atoms with E-state index in [1.165, 1.54) is 5.56 Å². The fourth-order valence-electron chi connectivity index (χ4n) is 0.751. The Bertz CT molecular complexity index is 237. The summed E-state index contributed by atoms with van der Waals surface area (Å²) in [6.45, 7) is 5.82. The topological polar surface area (TPSA) is 9.23 Å². The van der Waals surface area contributed by atoms with Crippen molar-refractivity contribution in [3.05, 3.63) is 28.5 Å². The van der Waals surface area contributed by atoms with E-state index in [9.17, 15) is 0 Å². The summed E-state index contributed by atoms with van der Waals surface area (Å²) in [4.78, 5) is 1.14. The highest BCUT2D eigenvalue weighted by atomic mass is 32.1. The molecular formula is C8H10OS. The molecule has 0 radical (unpaired) electrons. The van der Waals surface area contributed by atoms with E-state index in [0.29, 0.717) is 0 Å². The molecule has 0 bridgehead atoms. The highest BCUT2D eigenvalue weighted by Gasteiger charge is 2.02. The largest absolute Gasteiger partial charge is 0.496 e. The van der Waals surface area contributed by atoms with Crippen molar-refractivity contribution in [2.45, 2.75) is 6.92 Å². The van der Waals surface area contributed by atoms with Gasteiger partial charge in [0.1, 0.15) is 5.76 Å². The lowest BCUT2D eigenvalue weighted by Crippen LogP contribution is -1.81. The van der Waals surface area contributed by atoms with Gasteiger partial charge in [0.15, 0.2) is 0 Å². The molecule has 0 aromatic carbocycles. The standard InChI is InChI=1S/C8H10OS/c1-6-4-5-10-8(6)7(2)9-3/h4-5H,2H2,1,3H3. The van der Waals surface area contributed by atoms with Crippen molar-refractivity contribution >= 4 is 17.1 Å². The van der Waals surface area contributed by atoms with Crippen LogP contribution in [0.2, 0.25) is 0 Å². The van der Waals surface area contributed by atoms with Crippen LogP contribution in [0, 0.1) is 6.92 Å². The van der Waals surface area contributed by atoms with Gasteiger partial charge in [0.2, 0.25) is 0 Å². The number of hydrogen-bond donors (Lipinski definition) is 0. The monoisotopic (exact) mass is 154 g/mol. The molecule has 1 nitrogen and oxygen atoms in total. The SMILES string of the molecule is C=C(OC)c1sccc1C. The van der Waals surface area contributed by atoms with Crippen LogP contribution in [0.25, 0.3) is 5.76 Å². The fraction of sp³-hybridized carbons (Fsp3) is 0.250. The Balaban J connectivity index is 2.93. The summed E-state index contributed by atoms with van der Waals surface area (Å²) in [5.41, 5.74) is 1.23. The molecule has 54 valence electrons. The Labute approximate surface area is 65.0 Å². The van der Waals surface area contributed by atoms with E-state index in [2.05, 4.69) is 19.6 Å². The number of aryl methyl sites for hydroxylation is 1. The third-order valence-corrected chi connectivity index (χ3v) is 2.42. The molecule has 1 aromatic rings. The lowest BCUT2D eigenvalue weighted by atomic mass is 10.3. The van der Waals surface area contributed by atoms with Crippen LogP contribution in [0.15, 0.2) is 18.0 Å². The maximum Gasteiger partial charge on any atom is 0.129 e. The third-order valence-electron chi connectivity index (χ3n) is 1.36. The van der Waals surface area contributed by atoms with E-state index in [0.717, 1.165) is 10.6 Å². The number of methoxy groups -OCH3 is 1. The van der Waals surface area contributed by atoms with E-state index < -0.39 is 0 Å². The van der Waals surface area contributed by atoms with Gasteiger partial charge in [0.25, 0.3) is 0 Å². The van der Waals surface area contributed by atoms with Crippen LogP contribution in [0.1, 0.15) is 10.4 Å². The van der Waals surface area contributed by atoms with E-state index >= 15 is 0 Å². The van der Waals surface area contributed by atoms with Crippen LogP contribution in [0.3, 0.4) is 0 Å². The number of hydrogen-bond acceptors (Lipinski definition) is 2. The van der Waals surface area contributed by atoms with Crippen molar-refractivity contribution in [3.8, 4) is 0 Å². The van der Waals surface area contributed by atoms with Crippen molar-refractivity contribution in [1.82, 2.24) is 0 Å². The van der Waals surface area contributed by atoms with E-state index in [-0.39, 0.29) is 0 Å². The van der Waals surface area contributed by atoms with Gasteiger partial charge in [0, 0.05) is 0 Å². The van der Waals surface area contributed by atoms with Crippen LogP contribution in [-0.2, 0) is 4.74 Å². The van der Waals surface area contributed by atoms with Gasteiger partial charge < -0.3 is 4.74 Å². The van der Waals surface area contributed by atoms with Gasteiger partial charge in [0.05, 0.1) is 12.0 Å². The quantitative estimate of drug-likeness (QED) is 0.595. The molecule has 0 fully saturated rings. The lowest BCUT2D eigenvalue weighted by Gasteiger charge is -2.00. The van der Waals surface area contributed by atoms with Crippen molar-refractivity contribution < 1.29 is 4.74 Å². The predicted octanol–water partition coefficient (Wildman–Crippen LogP) is 2.67. The van der Waals surface area contributed by atoms with E-state index in [1.54, 1.807) is 18.4 Å².